The fraction of sp³-hybridized carbons (Fsp3) is 0.263. The summed E-state index contributed by atoms with van der Waals surface area (Å²) in [6.07, 6.45) is 0. The van der Waals surface area contributed by atoms with Crippen molar-refractivity contribution in [2.75, 3.05) is 18.2 Å². The highest BCUT2D eigenvalue weighted by Crippen LogP contribution is 2.23. The number of methoxy groups -OCH3 is 1. The lowest BCUT2D eigenvalue weighted by Crippen LogP contribution is -2.18. The number of aromatic nitrogens is 4. The third-order valence-corrected chi connectivity index (χ3v) is 4.66. The molecule has 0 radical (unpaired) electrons. The Kier molecular flexibility index (Phi) is 5.75. The number of hydrogen-bond donors (Lipinski definition) is 1. The van der Waals surface area contributed by atoms with Gasteiger partial charge in [-0.2, -0.15) is 9.78 Å². The Labute approximate surface area is 162 Å². The normalized spacial score (nSPS) is 10.7. The van der Waals surface area contributed by atoms with E-state index in [1.807, 2.05) is 51.1 Å². The average Bonchev–Trinajstić information content (AvgIpc) is 2.99. The second-order valence-corrected chi connectivity index (χ2v) is 7.10. The molecular formula is C19H21N5O2S. The first kappa shape index (κ1) is 18.9. The topological polar surface area (TPSA) is 81.9 Å². The summed E-state index contributed by atoms with van der Waals surface area (Å²) in [5.41, 5.74) is 2.46. The molecule has 0 aliphatic carbocycles. The standard InChI is InChI=1S/C19H21N5O2S/c1-12-8-13(2)21-19(20-12)24-17(9-14(3)23-24)22-18(25)11-27-16-7-5-6-15(10-16)26-4/h5-10H,11H2,1-4H3,(H,22,25). The molecule has 3 aromatic rings. The second kappa shape index (κ2) is 8.22. The molecule has 1 N–H and O–H groups in total. The summed E-state index contributed by atoms with van der Waals surface area (Å²) in [6, 6.07) is 11.3. The van der Waals surface area contributed by atoms with E-state index in [1.165, 1.54) is 11.8 Å². The summed E-state index contributed by atoms with van der Waals surface area (Å²) in [7, 11) is 1.62. The number of hydrogen-bond acceptors (Lipinski definition) is 6. The van der Waals surface area contributed by atoms with Crippen LogP contribution in [0.25, 0.3) is 5.95 Å². The Morgan fingerprint density at radius 3 is 2.56 bits per heavy atom. The lowest BCUT2D eigenvalue weighted by atomic mass is 10.3. The van der Waals surface area contributed by atoms with Gasteiger partial charge in [0.2, 0.25) is 5.91 Å². The molecule has 0 bridgehead atoms. The SMILES string of the molecule is COc1cccc(SCC(=O)Nc2cc(C)nn2-c2nc(C)cc(C)n2)c1. The van der Waals surface area contributed by atoms with E-state index in [0.717, 1.165) is 27.7 Å². The molecule has 1 amide bonds. The molecule has 27 heavy (non-hydrogen) atoms. The molecule has 3 rings (SSSR count). The van der Waals surface area contributed by atoms with Crippen molar-refractivity contribution in [1.82, 2.24) is 19.7 Å². The van der Waals surface area contributed by atoms with Gasteiger partial charge in [0.05, 0.1) is 18.6 Å². The van der Waals surface area contributed by atoms with Crippen LogP contribution in [0.4, 0.5) is 5.82 Å². The molecule has 0 spiro atoms. The molecular weight excluding hydrogens is 362 g/mol. The zero-order chi connectivity index (χ0) is 19.4. The third kappa shape index (κ3) is 4.85. The van der Waals surface area contributed by atoms with Crippen molar-refractivity contribution in [3.05, 3.63) is 53.5 Å². The highest BCUT2D eigenvalue weighted by Gasteiger charge is 2.14. The van der Waals surface area contributed by atoms with Gasteiger partial charge in [0.1, 0.15) is 11.6 Å². The van der Waals surface area contributed by atoms with Crippen LogP contribution in [0.1, 0.15) is 17.1 Å². The van der Waals surface area contributed by atoms with Gasteiger partial charge in [-0.25, -0.2) is 9.97 Å². The van der Waals surface area contributed by atoms with E-state index in [9.17, 15) is 4.79 Å². The summed E-state index contributed by atoms with van der Waals surface area (Å²) < 4.78 is 6.76. The lowest BCUT2D eigenvalue weighted by molar-refractivity contribution is -0.113. The number of aryl methyl sites for hydroxylation is 3. The number of anilines is 1. The minimum absolute atomic E-state index is 0.131. The zero-order valence-electron chi connectivity index (χ0n) is 15.7. The number of amides is 1. The van der Waals surface area contributed by atoms with Gasteiger partial charge < -0.3 is 10.1 Å². The van der Waals surface area contributed by atoms with E-state index in [-0.39, 0.29) is 11.7 Å². The predicted octanol–water partition coefficient (Wildman–Crippen LogP) is 3.33. The minimum Gasteiger partial charge on any atom is -0.497 e. The number of benzene rings is 1. The Morgan fingerprint density at radius 2 is 1.85 bits per heavy atom. The van der Waals surface area contributed by atoms with Crippen LogP contribution in [0.15, 0.2) is 41.3 Å². The first-order valence-electron chi connectivity index (χ1n) is 8.40. The van der Waals surface area contributed by atoms with Crippen molar-refractivity contribution in [2.45, 2.75) is 25.7 Å². The van der Waals surface area contributed by atoms with E-state index in [1.54, 1.807) is 17.9 Å². The van der Waals surface area contributed by atoms with Gasteiger partial charge in [-0.3, -0.25) is 4.79 Å². The zero-order valence-corrected chi connectivity index (χ0v) is 16.5. The molecule has 7 nitrogen and oxygen atoms in total. The second-order valence-electron chi connectivity index (χ2n) is 6.05. The Balaban J connectivity index is 1.72. The molecule has 0 aliphatic heterocycles. The van der Waals surface area contributed by atoms with Crippen LogP contribution in [-0.2, 0) is 4.79 Å². The maximum atomic E-state index is 12.4. The van der Waals surface area contributed by atoms with Crippen molar-refractivity contribution < 1.29 is 9.53 Å². The van der Waals surface area contributed by atoms with Gasteiger partial charge in [0.15, 0.2) is 0 Å². The maximum absolute atomic E-state index is 12.4. The number of ether oxygens (including phenoxy) is 1. The molecule has 0 aliphatic rings. The van der Waals surface area contributed by atoms with E-state index >= 15 is 0 Å². The van der Waals surface area contributed by atoms with Gasteiger partial charge in [0, 0.05) is 22.3 Å². The van der Waals surface area contributed by atoms with Crippen LogP contribution in [0, 0.1) is 20.8 Å². The molecule has 0 unspecified atom stereocenters. The van der Waals surface area contributed by atoms with E-state index in [0.29, 0.717) is 11.8 Å². The molecule has 1 aromatic carbocycles. The van der Waals surface area contributed by atoms with Crippen molar-refractivity contribution in [3.8, 4) is 11.7 Å². The highest BCUT2D eigenvalue weighted by atomic mass is 32.2. The van der Waals surface area contributed by atoms with Crippen LogP contribution in [-0.4, -0.2) is 38.5 Å². The molecule has 2 heterocycles. The first-order valence-corrected chi connectivity index (χ1v) is 9.39. The van der Waals surface area contributed by atoms with Crippen molar-refractivity contribution in [1.29, 1.82) is 0 Å². The number of thioether (sulfide) groups is 1. The van der Waals surface area contributed by atoms with Crippen molar-refractivity contribution in [3.63, 3.8) is 0 Å². The molecule has 0 saturated carbocycles. The molecule has 140 valence electrons. The van der Waals surface area contributed by atoms with Crippen LogP contribution in [0.5, 0.6) is 5.75 Å². The van der Waals surface area contributed by atoms with Crippen LogP contribution in [0.3, 0.4) is 0 Å². The molecule has 0 atom stereocenters. The highest BCUT2D eigenvalue weighted by molar-refractivity contribution is 8.00. The fourth-order valence-corrected chi connectivity index (χ4v) is 3.31. The third-order valence-electron chi connectivity index (χ3n) is 3.67. The number of carbonyl (C=O) groups excluding carboxylic acids is 1. The summed E-state index contributed by atoms with van der Waals surface area (Å²) in [4.78, 5) is 22.2. The Morgan fingerprint density at radius 1 is 1.11 bits per heavy atom. The summed E-state index contributed by atoms with van der Waals surface area (Å²) in [6.45, 7) is 5.66. The smallest absolute Gasteiger partial charge is 0.252 e. The Hall–Kier alpha value is -2.87. The molecule has 8 heteroatoms. The average molecular weight is 383 g/mol. The Bertz CT molecular complexity index is 950. The van der Waals surface area contributed by atoms with E-state index < -0.39 is 0 Å². The maximum Gasteiger partial charge on any atom is 0.252 e. The monoisotopic (exact) mass is 383 g/mol. The van der Waals surface area contributed by atoms with E-state index in [2.05, 4.69) is 20.4 Å². The van der Waals surface area contributed by atoms with Gasteiger partial charge in [-0.1, -0.05) is 6.07 Å². The number of rotatable bonds is 6. The van der Waals surface area contributed by atoms with Gasteiger partial charge in [-0.15, -0.1) is 11.8 Å². The summed E-state index contributed by atoms with van der Waals surface area (Å²) in [5, 5.41) is 7.31. The summed E-state index contributed by atoms with van der Waals surface area (Å²) >= 11 is 1.44. The van der Waals surface area contributed by atoms with E-state index in [4.69, 9.17) is 4.74 Å². The molecule has 0 saturated heterocycles. The fourth-order valence-electron chi connectivity index (χ4n) is 2.56. The quantitative estimate of drug-likeness (QED) is 0.658. The molecule has 2 aromatic heterocycles. The first-order chi connectivity index (χ1) is 12.9. The van der Waals surface area contributed by atoms with Gasteiger partial charge >= 0.3 is 0 Å². The minimum atomic E-state index is -0.131. The van der Waals surface area contributed by atoms with Crippen molar-refractivity contribution in [2.24, 2.45) is 0 Å². The van der Waals surface area contributed by atoms with Crippen LogP contribution >= 0.6 is 11.8 Å². The molecule has 0 fully saturated rings. The van der Waals surface area contributed by atoms with Crippen LogP contribution in [0.2, 0.25) is 0 Å². The number of carbonyl (C=O) groups is 1. The van der Waals surface area contributed by atoms with Gasteiger partial charge in [0.25, 0.3) is 5.95 Å². The lowest BCUT2D eigenvalue weighted by Gasteiger charge is -2.09. The number of nitrogens with zero attached hydrogens (tertiary/aromatic N) is 4. The van der Waals surface area contributed by atoms with Crippen molar-refractivity contribution >= 4 is 23.5 Å². The van der Waals surface area contributed by atoms with Gasteiger partial charge in [-0.05, 0) is 45.0 Å². The number of nitrogens with one attached hydrogen (secondary N) is 1. The van der Waals surface area contributed by atoms with Crippen LogP contribution < -0.4 is 10.1 Å². The largest absolute Gasteiger partial charge is 0.497 e. The summed E-state index contributed by atoms with van der Waals surface area (Å²) in [5.74, 6) is 1.89. The predicted molar refractivity (Wildman–Crippen MR) is 106 cm³/mol.